The van der Waals surface area contributed by atoms with Crippen molar-refractivity contribution in [2.75, 3.05) is 0 Å². The van der Waals surface area contributed by atoms with E-state index in [2.05, 4.69) is 9.97 Å². The topological polar surface area (TPSA) is 51.6 Å². The molecule has 0 spiro atoms. The van der Waals surface area contributed by atoms with Crippen molar-refractivity contribution in [3.05, 3.63) is 96.8 Å². The monoisotopic (exact) mass is 420 g/mol. The van der Waals surface area contributed by atoms with Crippen molar-refractivity contribution >= 4 is 32.8 Å². The van der Waals surface area contributed by atoms with Gasteiger partial charge in [-0.25, -0.2) is 18.7 Å². The van der Waals surface area contributed by atoms with E-state index < -0.39 is 0 Å². The van der Waals surface area contributed by atoms with Crippen LogP contribution in [0.5, 0.6) is 0 Å². The second-order valence-electron chi connectivity index (χ2n) is 7.43. The van der Waals surface area contributed by atoms with E-state index in [0.717, 1.165) is 21.8 Å². The van der Waals surface area contributed by atoms with Crippen LogP contribution in [-0.2, 0) is 0 Å². The van der Waals surface area contributed by atoms with Gasteiger partial charge in [0.25, 0.3) is 0 Å². The Balaban J connectivity index is 1.79. The summed E-state index contributed by atoms with van der Waals surface area (Å²) in [6, 6.07) is 19.8. The van der Waals surface area contributed by atoms with Crippen LogP contribution in [0.15, 0.2) is 85.2 Å². The summed E-state index contributed by atoms with van der Waals surface area (Å²) in [5.41, 5.74) is 5.42. The van der Waals surface area contributed by atoms with Crippen LogP contribution >= 0.6 is 0 Å². The van der Waals surface area contributed by atoms with E-state index in [1.807, 2.05) is 24.3 Å². The van der Waals surface area contributed by atoms with Crippen LogP contribution in [0.25, 0.3) is 55.4 Å². The van der Waals surface area contributed by atoms with Gasteiger partial charge in [0.15, 0.2) is 0 Å². The van der Waals surface area contributed by atoms with E-state index in [1.54, 1.807) is 36.7 Å². The minimum Gasteiger partial charge on any atom is -0.254 e. The Bertz CT molecular complexity index is 1510. The zero-order valence-corrected chi connectivity index (χ0v) is 16.6. The maximum atomic E-state index is 13.6. The predicted octanol–water partition coefficient (Wildman–Crippen LogP) is 6.34. The van der Waals surface area contributed by atoms with Crippen molar-refractivity contribution in [2.45, 2.75) is 0 Å². The van der Waals surface area contributed by atoms with Gasteiger partial charge in [0.2, 0.25) is 0 Å². The molecule has 3 heterocycles. The largest absolute Gasteiger partial charge is 0.254 e. The molecule has 32 heavy (non-hydrogen) atoms. The molecule has 0 atom stereocenters. The van der Waals surface area contributed by atoms with Gasteiger partial charge in [-0.15, -0.1) is 0 Å². The first kappa shape index (κ1) is 18.4. The highest BCUT2D eigenvalue weighted by Crippen LogP contribution is 2.36. The first-order valence-electron chi connectivity index (χ1n) is 10.0. The maximum Gasteiger partial charge on any atom is 0.123 e. The van der Waals surface area contributed by atoms with Gasteiger partial charge in [-0.2, -0.15) is 0 Å². The molecule has 0 N–H and O–H groups in total. The quantitative estimate of drug-likeness (QED) is 0.307. The Morgan fingerprint density at radius 1 is 0.469 bits per heavy atom. The molecule has 0 radical (unpaired) electrons. The lowest BCUT2D eigenvalue weighted by molar-refractivity contribution is 0.627. The van der Waals surface area contributed by atoms with Crippen molar-refractivity contribution in [1.82, 2.24) is 19.9 Å². The molecule has 0 aliphatic heterocycles. The Morgan fingerprint density at radius 3 is 1.28 bits per heavy atom. The fourth-order valence-corrected chi connectivity index (χ4v) is 4.00. The normalized spacial score (nSPS) is 11.4. The van der Waals surface area contributed by atoms with E-state index in [9.17, 15) is 8.78 Å². The molecule has 3 aromatic carbocycles. The molecule has 6 aromatic rings. The lowest BCUT2D eigenvalue weighted by Gasteiger charge is -2.13. The first-order valence-corrected chi connectivity index (χ1v) is 10.0. The van der Waals surface area contributed by atoms with Crippen molar-refractivity contribution in [3.63, 3.8) is 0 Å². The van der Waals surface area contributed by atoms with Gasteiger partial charge in [-0.1, -0.05) is 0 Å². The molecule has 0 unspecified atom stereocenters. The van der Waals surface area contributed by atoms with Gasteiger partial charge < -0.3 is 0 Å². The molecule has 3 aromatic heterocycles. The second kappa shape index (κ2) is 7.13. The first-order chi connectivity index (χ1) is 15.7. The van der Waals surface area contributed by atoms with E-state index in [-0.39, 0.29) is 11.6 Å². The molecule has 6 heteroatoms. The smallest absolute Gasteiger partial charge is 0.123 e. The average Bonchev–Trinajstić information content (AvgIpc) is 2.84. The number of hydrogen-bond donors (Lipinski definition) is 0. The molecule has 6 rings (SSSR count). The molecule has 0 saturated carbocycles. The fraction of sp³-hybridized carbons (Fsp3) is 0. The molecule has 0 fully saturated rings. The lowest BCUT2D eigenvalue weighted by atomic mass is 10.0. The third-order valence-corrected chi connectivity index (χ3v) is 5.48. The molecule has 0 aliphatic carbocycles. The molecule has 0 saturated heterocycles. The third-order valence-electron chi connectivity index (χ3n) is 5.48. The zero-order chi connectivity index (χ0) is 21.7. The van der Waals surface area contributed by atoms with Crippen LogP contribution in [0.2, 0.25) is 0 Å². The average molecular weight is 420 g/mol. The fourth-order valence-electron chi connectivity index (χ4n) is 4.00. The number of halogens is 2. The summed E-state index contributed by atoms with van der Waals surface area (Å²) in [4.78, 5) is 19.1. The summed E-state index contributed by atoms with van der Waals surface area (Å²) in [5.74, 6) is -0.671. The molecule has 152 valence electrons. The number of aromatic nitrogens is 4. The molecular weight excluding hydrogens is 406 g/mol. The highest BCUT2D eigenvalue weighted by molar-refractivity contribution is 6.21. The summed E-state index contributed by atoms with van der Waals surface area (Å²) in [6.45, 7) is 0. The zero-order valence-electron chi connectivity index (χ0n) is 16.6. The molecule has 0 bridgehead atoms. The molecule has 0 aliphatic rings. The van der Waals surface area contributed by atoms with Crippen LogP contribution in [0, 0.1) is 11.6 Å². The standard InChI is InChI=1S/C26H14F2N4/c27-17-9-5-15(6-10-17)21-22(16-7-11-18(28)12-8-16)32-26-20-4-2-14-30-24(20)23-19(25(26)31-21)3-1-13-29-23/h1-14H. The van der Waals surface area contributed by atoms with Crippen LogP contribution in [0.3, 0.4) is 0 Å². The van der Waals surface area contributed by atoms with Gasteiger partial charge in [-0.05, 0) is 72.8 Å². The van der Waals surface area contributed by atoms with Gasteiger partial charge in [0.05, 0.1) is 33.5 Å². The van der Waals surface area contributed by atoms with Crippen LogP contribution in [0.4, 0.5) is 8.78 Å². The minimum atomic E-state index is -0.336. The van der Waals surface area contributed by atoms with Crippen molar-refractivity contribution < 1.29 is 8.78 Å². The van der Waals surface area contributed by atoms with E-state index in [1.165, 1.54) is 24.3 Å². The van der Waals surface area contributed by atoms with Gasteiger partial charge >= 0.3 is 0 Å². The van der Waals surface area contributed by atoms with Crippen LogP contribution in [-0.4, -0.2) is 19.9 Å². The summed E-state index contributed by atoms with van der Waals surface area (Å²) in [5, 5.41) is 1.66. The number of rotatable bonds is 2. The van der Waals surface area contributed by atoms with Crippen molar-refractivity contribution in [2.24, 2.45) is 0 Å². The Kier molecular flexibility index (Phi) is 4.11. The molecule has 4 nitrogen and oxygen atoms in total. The van der Waals surface area contributed by atoms with Gasteiger partial charge in [0, 0.05) is 34.3 Å². The maximum absolute atomic E-state index is 13.6. The number of benzene rings is 3. The van der Waals surface area contributed by atoms with Crippen LogP contribution in [0.1, 0.15) is 0 Å². The summed E-state index contributed by atoms with van der Waals surface area (Å²) >= 11 is 0. The van der Waals surface area contributed by atoms with E-state index in [0.29, 0.717) is 33.5 Å². The van der Waals surface area contributed by atoms with E-state index in [4.69, 9.17) is 9.97 Å². The molecular formula is C26H14F2N4. The Morgan fingerprint density at radius 2 is 0.875 bits per heavy atom. The highest BCUT2D eigenvalue weighted by atomic mass is 19.1. The third kappa shape index (κ3) is 2.88. The Hall–Kier alpha value is -4.32. The van der Waals surface area contributed by atoms with Crippen LogP contribution < -0.4 is 0 Å². The number of nitrogens with zero attached hydrogens (tertiary/aromatic N) is 4. The Labute approximate surface area is 181 Å². The van der Waals surface area contributed by atoms with Crippen molar-refractivity contribution in [3.8, 4) is 22.5 Å². The summed E-state index contributed by atoms with van der Waals surface area (Å²) in [6.07, 6.45) is 3.45. The minimum absolute atomic E-state index is 0.336. The second-order valence-corrected chi connectivity index (χ2v) is 7.43. The van der Waals surface area contributed by atoms with Gasteiger partial charge in [0.1, 0.15) is 11.6 Å². The lowest BCUT2D eigenvalue weighted by Crippen LogP contribution is -1.98. The number of hydrogen-bond acceptors (Lipinski definition) is 4. The number of fused-ring (bicyclic) bond motifs is 6. The highest BCUT2D eigenvalue weighted by Gasteiger charge is 2.18. The molecule has 0 amide bonds. The summed E-state index contributed by atoms with van der Waals surface area (Å²) < 4.78 is 27.2. The number of pyridine rings is 2. The predicted molar refractivity (Wildman–Crippen MR) is 121 cm³/mol. The SMILES string of the molecule is Fc1ccc(-c2nc3c4cccnc4c4ncccc4c3nc2-c2ccc(F)cc2)cc1. The van der Waals surface area contributed by atoms with Crippen molar-refractivity contribution in [1.29, 1.82) is 0 Å². The van der Waals surface area contributed by atoms with E-state index >= 15 is 0 Å². The van der Waals surface area contributed by atoms with Gasteiger partial charge in [-0.3, -0.25) is 9.97 Å². The summed E-state index contributed by atoms with van der Waals surface area (Å²) in [7, 11) is 0.